The van der Waals surface area contributed by atoms with Crippen LogP contribution >= 0.6 is 0 Å². The van der Waals surface area contributed by atoms with Gasteiger partial charge in [0.15, 0.2) is 5.82 Å². The minimum Gasteiger partial charge on any atom is -0.359 e. The summed E-state index contributed by atoms with van der Waals surface area (Å²) in [5.74, 6) is 0.802. The second-order valence-corrected chi connectivity index (χ2v) is 7.45. The quantitative estimate of drug-likeness (QED) is 0.816. The molecule has 25 heavy (non-hydrogen) atoms. The summed E-state index contributed by atoms with van der Waals surface area (Å²) in [5.41, 5.74) is 3.05. The van der Waals surface area contributed by atoms with Crippen LogP contribution in [0.3, 0.4) is 0 Å². The second kappa shape index (κ2) is 7.35. The molecule has 2 N–H and O–H groups in total. The fourth-order valence-electron chi connectivity index (χ4n) is 3.40. The van der Waals surface area contributed by atoms with Gasteiger partial charge in [0.25, 0.3) is 0 Å². The number of carbonyl (C=O) groups excluding carboxylic acids is 1. The van der Waals surface area contributed by atoms with E-state index in [0.29, 0.717) is 18.3 Å². The largest absolute Gasteiger partial charge is 0.359 e. The number of amides is 1. The Labute approximate surface area is 148 Å². The van der Waals surface area contributed by atoms with Crippen LogP contribution in [0.25, 0.3) is 0 Å². The van der Waals surface area contributed by atoms with Gasteiger partial charge in [-0.25, -0.2) is 0 Å². The molecular formula is C19H26N4O2. The second-order valence-electron chi connectivity index (χ2n) is 7.45. The number of nitrogens with one attached hydrogen (secondary N) is 2. The highest BCUT2D eigenvalue weighted by atomic mass is 16.5. The molecule has 1 amide bonds. The van der Waals surface area contributed by atoms with E-state index < -0.39 is 0 Å². The van der Waals surface area contributed by atoms with E-state index >= 15 is 0 Å². The minimum atomic E-state index is -0.125. The standard InChI is InChI=1S/C19H26N4O2/c1-19(2)9-8-13-6-4-5-7-14(13)15(11-19)21-12-18-22-16(23-25-18)10-17(24)20-3/h4-7,15,21H,8-12H2,1-3H3,(H,20,24)/t15-/m0/s1. The van der Waals surface area contributed by atoms with Crippen molar-refractivity contribution in [1.82, 2.24) is 20.8 Å². The number of fused-ring (bicyclic) bond motifs is 1. The SMILES string of the molecule is CNC(=O)Cc1noc(CN[C@H]2CC(C)(C)CCc3ccccc32)n1. The van der Waals surface area contributed by atoms with Crippen LogP contribution in [0.4, 0.5) is 0 Å². The predicted molar refractivity (Wildman–Crippen MR) is 94.8 cm³/mol. The summed E-state index contributed by atoms with van der Waals surface area (Å²) in [6, 6.07) is 8.89. The fourth-order valence-corrected chi connectivity index (χ4v) is 3.40. The van der Waals surface area contributed by atoms with Crippen molar-refractivity contribution < 1.29 is 9.32 Å². The molecule has 0 fully saturated rings. The van der Waals surface area contributed by atoms with Crippen molar-refractivity contribution in [2.24, 2.45) is 5.41 Å². The Morgan fingerprint density at radius 3 is 2.96 bits per heavy atom. The maximum Gasteiger partial charge on any atom is 0.240 e. The summed E-state index contributed by atoms with van der Waals surface area (Å²) >= 11 is 0. The Kier molecular flexibility index (Phi) is 5.18. The zero-order valence-electron chi connectivity index (χ0n) is 15.1. The number of hydrogen-bond donors (Lipinski definition) is 2. The van der Waals surface area contributed by atoms with Crippen molar-refractivity contribution in [3.05, 3.63) is 47.1 Å². The molecule has 1 heterocycles. The van der Waals surface area contributed by atoms with Crippen molar-refractivity contribution in [2.75, 3.05) is 7.05 Å². The molecule has 0 radical (unpaired) electrons. The number of aryl methyl sites for hydroxylation is 1. The van der Waals surface area contributed by atoms with Crippen molar-refractivity contribution in [2.45, 2.75) is 52.1 Å². The van der Waals surface area contributed by atoms with E-state index in [1.54, 1.807) is 7.05 Å². The molecule has 1 aliphatic rings. The Morgan fingerprint density at radius 2 is 2.16 bits per heavy atom. The van der Waals surface area contributed by atoms with Crippen LogP contribution < -0.4 is 10.6 Å². The van der Waals surface area contributed by atoms with Gasteiger partial charge in [0.05, 0.1) is 13.0 Å². The molecule has 1 aromatic carbocycles. The number of nitrogens with zero attached hydrogens (tertiary/aromatic N) is 2. The Hall–Kier alpha value is -2.21. The van der Waals surface area contributed by atoms with E-state index in [1.807, 2.05) is 0 Å². The average molecular weight is 342 g/mol. The molecule has 134 valence electrons. The topological polar surface area (TPSA) is 80.0 Å². The lowest BCUT2D eigenvalue weighted by Gasteiger charge is -2.27. The summed E-state index contributed by atoms with van der Waals surface area (Å²) in [6.45, 7) is 5.14. The molecule has 3 rings (SSSR count). The van der Waals surface area contributed by atoms with E-state index in [0.717, 1.165) is 12.8 Å². The van der Waals surface area contributed by atoms with Crippen molar-refractivity contribution in [3.8, 4) is 0 Å². The Balaban J connectivity index is 1.70. The average Bonchev–Trinajstić information content (AvgIpc) is 2.99. The van der Waals surface area contributed by atoms with Gasteiger partial charge in [-0.1, -0.05) is 43.3 Å². The van der Waals surface area contributed by atoms with Crippen LogP contribution in [0.2, 0.25) is 0 Å². The molecule has 6 heteroatoms. The normalized spacial score (nSPS) is 19.1. The molecule has 0 spiro atoms. The van der Waals surface area contributed by atoms with Crippen LogP contribution in [0, 0.1) is 5.41 Å². The molecule has 0 saturated carbocycles. The lowest BCUT2D eigenvalue weighted by Crippen LogP contribution is -2.25. The molecule has 2 aromatic rings. The van der Waals surface area contributed by atoms with Gasteiger partial charge in [-0.15, -0.1) is 0 Å². The number of benzene rings is 1. The highest BCUT2D eigenvalue weighted by molar-refractivity contribution is 5.77. The molecule has 1 aliphatic carbocycles. The van der Waals surface area contributed by atoms with E-state index in [9.17, 15) is 4.79 Å². The number of likely N-dealkylation sites (N-methyl/N-ethyl adjacent to an activating group) is 1. The van der Waals surface area contributed by atoms with Crippen molar-refractivity contribution in [1.29, 1.82) is 0 Å². The maximum absolute atomic E-state index is 11.4. The monoisotopic (exact) mass is 342 g/mol. The molecule has 0 unspecified atom stereocenters. The first kappa shape index (κ1) is 17.6. The van der Waals surface area contributed by atoms with Crippen LogP contribution in [0.15, 0.2) is 28.8 Å². The molecule has 0 saturated heterocycles. The van der Waals surface area contributed by atoms with Crippen molar-refractivity contribution >= 4 is 5.91 Å². The molecular weight excluding hydrogens is 316 g/mol. The summed E-state index contributed by atoms with van der Waals surface area (Å²) in [4.78, 5) is 15.7. The fraction of sp³-hybridized carbons (Fsp3) is 0.526. The van der Waals surface area contributed by atoms with Gasteiger partial charge in [-0.05, 0) is 35.8 Å². The highest BCUT2D eigenvalue weighted by Crippen LogP contribution is 2.39. The van der Waals surface area contributed by atoms with Gasteiger partial charge in [0, 0.05) is 13.1 Å². The molecule has 0 aliphatic heterocycles. The molecule has 1 aromatic heterocycles. The van der Waals surface area contributed by atoms with Gasteiger partial charge >= 0.3 is 0 Å². The van der Waals surface area contributed by atoms with Crippen molar-refractivity contribution in [3.63, 3.8) is 0 Å². The summed E-state index contributed by atoms with van der Waals surface area (Å²) in [5, 5.41) is 10.0. The van der Waals surface area contributed by atoms with Crippen LogP contribution in [0.1, 0.15) is 55.6 Å². The van der Waals surface area contributed by atoms with E-state index in [4.69, 9.17) is 4.52 Å². The van der Waals surface area contributed by atoms with Crippen LogP contribution in [-0.2, 0) is 24.2 Å². The highest BCUT2D eigenvalue weighted by Gasteiger charge is 2.29. The zero-order chi connectivity index (χ0) is 17.9. The zero-order valence-corrected chi connectivity index (χ0v) is 15.1. The van der Waals surface area contributed by atoms with Gasteiger partial charge in [-0.3, -0.25) is 4.79 Å². The summed E-state index contributed by atoms with van der Waals surface area (Å²) in [6.07, 6.45) is 3.49. The number of hydrogen-bond acceptors (Lipinski definition) is 5. The molecule has 1 atom stereocenters. The van der Waals surface area contributed by atoms with E-state index in [1.165, 1.54) is 17.5 Å². The number of rotatable bonds is 5. The van der Waals surface area contributed by atoms with Crippen LogP contribution in [-0.4, -0.2) is 23.1 Å². The lowest BCUT2D eigenvalue weighted by molar-refractivity contribution is -0.120. The third kappa shape index (κ3) is 4.45. The third-order valence-electron chi connectivity index (χ3n) is 4.87. The lowest BCUT2D eigenvalue weighted by atomic mass is 9.83. The van der Waals surface area contributed by atoms with Gasteiger partial charge in [0.2, 0.25) is 11.8 Å². The Morgan fingerprint density at radius 1 is 1.36 bits per heavy atom. The number of carbonyl (C=O) groups is 1. The van der Waals surface area contributed by atoms with Gasteiger partial charge in [-0.2, -0.15) is 4.98 Å². The van der Waals surface area contributed by atoms with Gasteiger partial charge < -0.3 is 15.2 Å². The Bertz CT molecular complexity index is 739. The van der Waals surface area contributed by atoms with E-state index in [-0.39, 0.29) is 23.8 Å². The van der Waals surface area contributed by atoms with E-state index in [2.05, 4.69) is 58.9 Å². The predicted octanol–water partition coefficient (Wildman–Crippen LogP) is 2.55. The molecule has 6 nitrogen and oxygen atoms in total. The summed E-state index contributed by atoms with van der Waals surface area (Å²) in [7, 11) is 1.59. The smallest absolute Gasteiger partial charge is 0.240 e. The summed E-state index contributed by atoms with van der Waals surface area (Å²) < 4.78 is 5.27. The minimum absolute atomic E-state index is 0.125. The first-order chi connectivity index (χ1) is 12.0. The van der Waals surface area contributed by atoms with Gasteiger partial charge in [0.1, 0.15) is 0 Å². The first-order valence-electron chi connectivity index (χ1n) is 8.80. The van der Waals surface area contributed by atoms with Crippen LogP contribution in [0.5, 0.6) is 0 Å². The third-order valence-corrected chi connectivity index (χ3v) is 4.87. The number of aromatic nitrogens is 2. The maximum atomic E-state index is 11.4. The molecule has 0 bridgehead atoms. The first-order valence-corrected chi connectivity index (χ1v) is 8.80.